The molecule has 0 saturated carbocycles. The highest BCUT2D eigenvalue weighted by molar-refractivity contribution is 7.89. The topological polar surface area (TPSA) is 146 Å². The zero-order chi connectivity index (χ0) is 28.5. The Labute approximate surface area is 218 Å². The molecule has 2 aromatic heterocycles. The van der Waals surface area contributed by atoms with Crippen LogP contribution in [0, 0.1) is 5.82 Å². The largest absolute Gasteiger partial charge is 0.490 e. The third-order valence-corrected chi connectivity index (χ3v) is 7.77. The van der Waals surface area contributed by atoms with Gasteiger partial charge in [-0.3, -0.25) is 9.78 Å². The van der Waals surface area contributed by atoms with E-state index in [4.69, 9.17) is 0 Å². The van der Waals surface area contributed by atoms with E-state index in [9.17, 15) is 45.2 Å². The molecule has 0 aliphatic carbocycles. The molecule has 39 heavy (non-hydrogen) atoms. The van der Waals surface area contributed by atoms with Gasteiger partial charge >= 0.3 is 13.3 Å². The minimum absolute atomic E-state index is 0.0441. The van der Waals surface area contributed by atoms with Gasteiger partial charge in [-0.15, -0.1) is 0 Å². The Kier molecular flexibility index (Phi) is 7.97. The molecule has 1 fully saturated rings. The van der Waals surface area contributed by atoms with Crippen molar-refractivity contribution in [2.24, 2.45) is 0 Å². The maximum Gasteiger partial charge on any atom is 0.490 e. The number of nitrogens with zero attached hydrogens (tertiary/aromatic N) is 4. The van der Waals surface area contributed by atoms with E-state index in [1.807, 2.05) is 0 Å². The molecule has 2 unspecified atom stereocenters. The van der Waals surface area contributed by atoms with E-state index in [0.29, 0.717) is 4.31 Å². The van der Waals surface area contributed by atoms with E-state index in [-0.39, 0.29) is 27.2 Å². The van der Waals surface area contributed by atoms with E-state index in [0.717, 1.165) is 42.9 Å². The molecule has 0 radical (unpaired) electrons. The summed E-state index contributed by atoms with van der Waals surface area (Å²) in [6.45, 7) is -1.01. The maximum absolute atomic E-state index is 14.3. The van der Waals surface area contributed by atoms with Gasteiger partial charge in [-0.2, -0.15) is 17.5 Å². The van der Waals surface area contributed by atoms with Crippen LogP contribution in [0.2, 0.25) is 0 Å². The molecule has 4 rings (SSSR count). The highest BCUT2D eigenvalue weighted by Crippen LogP contribution is 2.29. The number of pyridine rings is 1. The van der Waals surface area contributed by atoms with Crippen LogP contribution in [0.15, 0.2) is 53.8 Å². The van der Waals surface area contributed by atoms with E-state index < -0.39 is 72.6 Å². The monoisotopic (exact) mass is 571 g/mol. The summed E-state index contributed by atoms with van der Waals surface area (Å²) in [6, 6.07) is 3.60. The first kappa shape index (κ1) is 28.5. The summed E-state index contributed by atoms with van der Waals surface area (Å²) < 4.78 is 92.5. The Morgan fingerprint density at radius 3 is 2.33 bits per heavy atom. The van der Waals surface area contributed by atoms with Gasteiger partial charge in [-0.05, 0) is 35.9 Å². The Balaban J connectivity index is 1.55. The number of aromatic nitrogens is 3. The molecule has 0 bridgehead atoms. The van der Waals surface area contributed by atoms with Crippen molar-refractivity contribution < 1.29 is 45.2 Å². The van der Waals surface area contributed by atoms with Gasteiger partial charge in [0.15, 0.2) is 0 Å². The smallest absolute Gasteiger partial charge is 0.423 e. The molecule has 206 valence electrons. The average Bonchev–Trinajstić information content (AvgIpc) is 3.29. The first-order valence-corrected chi connectivity index (χ1v) is 12.6. The van der Waals surface area contributed by atoms with E-state index in [2.05, 4.69) is 20.3 Å². The molecular weight excluding hydrogens is 552 g/mol. The lowest BCUT2D eigenvalue weighted by Gasteiger charge is -2.23. The Bertz CT molecular complexity index is 1460. The molecule has 3 N–H and O–H groups in total. The van der Waals surface area contributed by atoms with Gasteiger partial charge in [-0.25, -0.2) is 27.2 Å². The number of alkyl halides is 4. The molecule has 0 spiro atoms. The molecule has 2 atom stereocenters. The average molecular weight is 571 g/mol. The van der Waals surface area contributed by atoms with Gasteiger partial charge in [-0.1, -0.05) is 0 Å². The third-order valence-electron chi connectivity index (χ3n) is 5.88. The van der Waals surface area contributed by atoms with E-state index in [1.54, 1.807) is 0 Å². The summed E-state index contributed by atoms with van der Waals surface area (Å²) in [5.41, 5.74) is 0.0215. The molecule has 10 nitrogen and oxygen atoms in total. The van der Waals surface area contributed by atoms with Gasteiger partial charge in [0, 0.05) is 49.1 Å². The number of benzene rings is 1. The summed E-state index contributed by atoms with van der Waals surface area (Å²) in [5.74, 6) is -2.95. The summed E-state index contributed by atoms with van der Waals surface area (Å²) >= 11 is 0. The first-order chi connectivity index (χ1) is 18.3. The number of nitrogens with one attached hydrogen (secondary N) is 1. The molecule has 1 amide bonds. The number of carbonyl (C=O) groups is 1. The number of rotatable bonds is 7. The highest BCUT2D eigenvalue weighted by Gasteiger charge is 2.44. The molecule has 1 aliphatic rings. The standard InChI is InChI=1S/C22H19BF5N5O5S/c24-14-1-3-16(4-2-14)39(37,38)33-11-15(25)6-19(33)20(34)30-7-12-5-18(29-10-17(12)23(35)36)13-8-31-21(32-9-13)22(26,27)28/h1-5,8-10,15,19,35-36H,6-7,11H2,(H,30,34). The number of sulfonamides is 1. The lowest BCUT2D eigenvalue weighted by atomic mass is 9.78. The number of carbonyl (C=O) groups excluding carboxylic acids is 1. The van der Waals surface area contributed by atoms with Crippen LogP contribution >= 0.6 is 0 Å². The number of amides is 1. The molecule has 17 heteroatoms. The van der Waals surface area contributed by atoms with Crippen molar-refractivity contribution in [2.75, 3.05) is 6.54 Å². The quantitative estimate of drug-likeness (QED) is 0.279. The molecule has 3 heterocycles. The zero-order valence-corrected chi connectivity index (χ0v) is 20.5. The predicted molar refractivity (Wildman–Crippen MR) is 126 cm³/mol. The molecular formula is C22H19BF5N5O5S. The summed E-state index contributed by atoms with van der Waals surface area (Å²) in [4.78, 5) is 23.1. The van der Waals surface area contributed by atoms with Gasteiger partial charge in [0.1, 0.15) is 18.0 Å². The minimum Gasteiger partial charge on any atom is -0.423 e. The number of hydrogen-bond donors (Lipinski definition) is 3. The fraction of sp³-hybridized carbons (Fsp3) is 0.273. The van der Waals surface area contributed by atoms with Gasteiger partial charge in [0.05, 0.1) is 10.6 Å². The lowest BCUT2D eigenvalue weighted by Crippen LogP contribution is -2.46. The van der Waals surface area contributed by atoms with Crippen LogP contribution in [0.4, 0.5) is 22.0 Å². The van der Waals surface area contributed by atoms with Crippen molar-refractivity contribution in [3.63, 3.8) is 0 Å². The molecule has 1 aliphatic heterocycles. The van der Waals surface area contributed by atoms with E-state index in [1.165, 1.54) is 6.07 Å². The molecule has 3 aromatic rings. The maximum atomic E-state index is 14.3. The van der Waals surface area contributed by atoms with Crippen LogP contribution in [-0.2, 0) is 27.5 Å². The van der Waals surface area contributed by atoms with Crippen LogP contribution in [0.1, 0.15) is 17.8 Å². The Morgan fingerprint density at radius 2 is 1.74 bits per heavy atom. The highest BCUT2D eigenvalue weighted by atomic mass is 32.2. The van der Waals surface area contributed by atoms with Crippen LogP contribution in [0.25, 0.3) is 11.3 Å². The predicted octanol–water partition coefficient (Wildman–Crippen LogP) is 0.794. The van der Waals surface area contributed by atoms with Crippen molar-refractivity contribution >= 4 is 28.5 Å². The second-order valence-electron chi connectivity index (χ2n) is 8.53. The van der Waals surface area contributed by atoms with Crippen LogP contribution < -0.4 is 10.8 Å². The van der Waals surface area contributed by atoms with Crippen LogP contribution in [0.3, 0.4) is 0 Å². The fourth-order valence-electron chi connectivity index (χ4n) is 3.96. The van der Waals surface area contributed by atoms with Gasteiger partial charge < -0.3 is 15.4 Å². The molecule has 1 saturated heterocycles. The van der Waals surface area contributed by atoms with Crippen molar-refractivity contribution in [3.05, 3.63) is 66.1 Å². The summed E-state index contributed by atoms with van der Waals surface area (Å²) in [7, 11) is -6.40. The van der Waals surface area contributed by atoms with Crippen molar-refractivity contribution in [2.45, 2.75) is 36.3 Å². The van der Waals surface area contributed by atoms with Crippen molar-refractivity contribution in [1.82, 2.24) is 24.6 Å². The van der Waals surface area contributed by atoms with Gasteiger partial charge in [0.25, 0.3) is 0 Å². The Hall–Kier alpha value is -3.54. The fourth-order valence-corrected chi connectivity index (χ4v) is 5.59. The van der Waals surface area contributed by atoms with Crippen molar-refractivity contribution in [3.8, 4) is 11.3 Å². The SMILES string of the molecule is O=C(NCc1cc(-c2cnc(C(F)(F)F)nc2)ncc1B(O)O)C1CC(F)CN1S(=O)(=O)c1ccc(F)cc1. The third kappa shape index (κ3) is 6.21. The number of hydrogen-bond acceptors (Lipinski definition) is 8. The Morgan fingerprint density at radius 1 is 1.10 bits per heavy atom. The minimum atomic E-state index is -4.76. The van der Waals surface area contributed by atoms with Crippen LogP contribution in [-0.4, -0.2) is 69.5 Å². The first-order valence-electron chi connectivity index (χ1n) is 11.2. The number of halogens is 5. The zero-order valence-electron chi connectivity index (χ0n) is 19.7. The second kappa shape index (κ2) is 10.9. The van der Waals surface area contributed by atoms with E-state index >= 15 is 0 Å². The van der Waals surface area contributed by atoms with Crippen LogP contribution in [0.5, 0.6) is 0 Å². The summed E-state index contributed by atoms with van der Waals surface area (Å²) in [6.07, 6.45) is -4.10. The summed E-state index contributed by atoms with van der Waals surface area (Å²) in [5, 5.41) is 21.8. The molecule has 1 aromatic carbocycles. The van der Waals surface area contributed by atoms with Gasteiger partial charge in [0.2, 0.25) is 21.8 Å². The normalized spacial score (nSPS) is 18.2. The second-order valence-corrected chi connectivity index (χ2v) is 10.4. The van der Waals surface area contributed by atoms with Crippen molar-refractivity contribution in [1.29, 1.82) is 0 Å². The lowest BCUT2D eigenvalue weighted by molar-refractivity contribution is -0.145.